The summed E-state index contributed by atoms with van der Waals surface area (Å²) in [6.07, 6.45) is 11.8. The highest BCUT2D eigenvalue weighted by molar-refractivity contribution is 5.95. The van der Waals surface area contributed by atoms with Crippen molar-refractivity contribution in [2.75, 3.05) is 0 Å². The lowest BCUT2D eigenvalue weighted by Crippen LogP contribution is -2.26. The summed E-state index contributed by atoms with van der Waals surface area (Å²) in [7, 11) is 0. The molecule has 3 heteroatoms. The maximum Gasteiger partial charge on any atom is 0.271 e. The Morgan fingerprint density at radius 1 is 0.909 bits per heavy atom. The molecule has 3 rings (SSSR count). The number of nitrogens with one attached hydrogen (secondary N) is 1. The van der Waals surface area contributed by atoms with E-state index >= 15 is 0 Å². The lowest BCUT2D eigenvalue weighted by atomic mass is 9.73. The molecule has 0 atom stereocenters. The quantitative estimate of drug-likeness (QED) is 0.818. The molecule has 0 bridgehead atoms. The first kappa shape index (κ1) is 15.3. The van der Waals surface area contributed by atoms with Crippen molar-refractivity contribution < 1.29 is 4.79 Å². The molecule has 2 fully saturated rings. The van der Waals surface area contributed by atoms with Crippen molar-refractivity contribution in [3.8, 4) is 0 Å². The molecule has 1 aromatic carbocycles. The van der Waals surface area contributed by atoms with Crippen molar-refractivity contribution in [3.63, 3.8) is 0 Å². The van der Waals surface area contributed by atoms with E-state index in [-0.39, 0.29) is 5.91 Å². The van der Waals surface area contributed by atoms with Gasteiger partial charge in [-0.3, -0.25) is 4.79 Å². The summed E-state index contributed by atoms with van der Waals surface area (Å²) >= 11 is 0. The highest BCUT2D eigenvalue weighted by Gasteiger charge is 2.26. The molecule has 3 nitrogen and oxygen atoms in total. The molecule has 0 radical (unpaired) electrons. The number of hydrogen-bond donors (Lipinski definition) is 1. The molecule has 0 saturated heterocycles. The number of carbonyl (C=O) groups excluding carboxylic acids is 1. The van der Waals surface area contributed by atoms with E-state index in [1.807, 2.05) is 30.3 Å². The normalized spacial score (nSPS) is 23.1. The Balaban J connectivity index is 1.47. The summed E-state index contributed by atoms with van der Waals surface area (Å²) < 4.78 is 0. The Morgan fingerprint density at radius 3 is 2.23 bits per heavy atom. The molecule has 1 amide bonds. The molecule has 2 aliphatic rings. The van der Waals surface area contributed by atoms with E-state index < -0.39 is 0 Å². The highest BCUT2D eigenvalue weighted by atomic mass is 16.2. The lowest BCUT2D eigenvalue weighted by Gasteiger charge is -2.33. The van der Waals surface area contributed by atoms with Crippen LogP contribution in [0.2, 0.25) is 0 Å². The molecule has 2 aliphatic carbocycles. The molecule has 0 spiro atoms. The van der Waals surface area contributed by atoms with E-state index in [2.05, 4.69) is 10.5 Å². The maximum atomic E-state index is 12.0. The second-order valence-electron chi connectivity index (χ2n) is 6.72. The summed E-state index contributed by atoms with van der Waals surface area (Å²) in [6, 6.07) is 9.29. The third kappa shape index (κ3) is 3.96. The van der Waals surface area contributed by atoms with Crippen LogP contribution in [0.3, 0.4) is 0 Å². The van der Waals surface area contributed by atoms with Gasteiger partial charge in [-0.2, -0.15) is 5.10 Å². The van der Waals surface area contributed by atoms with Crippen LogP contribution < -0.4 is 5.43 Å². The van der Waals surface area contributed by atoms with E-state index in [9.17, 15) is 4.79 Å². The van der Waals surface area contributed by atoms with Crippen LogP contribution in [0.15, 0.2) is 35.4 Å². The minimum Gasteiger partial charge on any atom is -0.267 e. The van der Waals surface area contributed by atoms with Crippen LogP contribution in [0.4, 0.5) is 0 Å². The van der Waals surface area contributed by atoms with Crippen molar-refractivity contribution in [2.24, 2.45) is 16.9 Å². The zero-order valence-electron chi connectivity index (χ0n) is 13.3. The fourth-order valence-electron chi connectivity index (χ4n) is 3.95. The van der Waals surface area contributed by atoms with Gasteiger partial charge in [0.2, 0.25) is 0 Å². The second-order valence-corrected chi connectivity index (χ2v) is 6.72. The maximum absolute atomic E-state index is 12.0. The smallest absolute Gasteiger partial charge is 0.267 e. The molecule has 0 aromatic heterocycles. The summed E-state index contributed by atoms with van der Waals surface area (Å²) in [5, 5.41) is 4.36. The Kier molecular flexibility index (Phi) is 5.25. The molecule has 118 valence electrons. The third-order valence-corrected chi connectivity index (χ3v) is 5.28. The molecule has 1 N–H and O–H groups in total. The van der Waals surface area contributed by atoms with Gasteiger partial charge in [0.1, 0.15) is 0 Å². The topological polar surface area (TPSA) is 41.5 Å². The third-order valence-electron chi connectivity index (χ3n) is 5.28. The fourth-order valence-corrected chi connectivity index (χ4v) is 3.95. The zero-order valence-corrected chi connectivity index (χ0v) is 13.3. The van der Waals surface area contributed by atoms with E-state index in [1.54, 1.807) is 0 Å². The van der Waals surface area contributed by atoms with Gasteiger partial charge in [-0.25, -0.2) is 5.43 Å². The summed E-state index contributed by atoms with van der Waals surface area (Å²) in [4.78, 5) is 12.0. The van der Waals surface area contributed by atoms with Crippen LogP contribution in [0, 0.1) is 11.8 Å². The number of nitrogens with zero attached hydrogens (tertiary/aromatic N) is 1. The summed E-state index contributed by atoms with van der Waals surface area (Å²) in [5.74, 6) is 1.74. The Labute approximate surface area is 133 Å². The first-order chi connectivity index (χ1) is 10.8. The van der Waals surface area contributed by atoms with Gasteiger partial charge in [0, 0.05) is 11.3 Å². The van der Waals surface area contributed by atoms with Crippen molar-refractivity contribution >= 4 is 11.6 Å². The molecule has 2 saturated carbocycles. The second kappa shape index (κ2) is 7.57. The number of hydrazone groups is 1. The van der Waals surface area contributed by atoms with Crippen molar-refractivity contribution in [2.45, 2.75) is 57.8 Å². The Morgan fingerprint density at radius 2 is 1.55 bits per heavy atom. The number of carbonyl (C=O) groups is 1. The van der Waals surface area contributed by atoms with Gasteiger partial charge in [0.05, 0.1) is 0 Å². The minimum absolute atomic E-state index is 0.109. The average molecular weight is 298 g/mol. The van der Waals surface area contributed by atoms with Gasteiger partial charge >= 0.3 is 0 Å². The molecule has 1 aromatic rings. The van der Waals surface area contributed by atoms with Crippen molar-refractivity contribution in [1.29, 1.82) is 0 Å². The van der Waals surface area contributed by atoms with Gasteiger partial charge in [-0.1, -0.05) is 50.3 Å². The van der Waals surface area contributed by atoms with Crippen LogP contribution >= 0.6 is 0 Å². The Hall–Kier alpha value is -1.64. The van der Waals surface area contributed by atoms with Crippen LogP contribution in [0.25, 0.3) is 0 Å². The van der Waals surface area contributed by atoms with Gasteiger partial charge in [-0.15, -0.1) is 0 Å². The zero-order chi connectivity index (χ0) is 15.2. The molecular weight excluding hydrogens is 272 g/mol. The molecule has 0 aliphatic heterocycles. The molecule has 0 heterocycles. The highest BCUT2D eigenvalue weighted by Crippen LogP contribution is 2.37. The summed E-state index contributed by atoms with van der Waals surface area (Å²) in [5.41, 5.74) is 4.54. The summed E-state index contributed by atoms with van der Waals surface area (Å²) in [6.45, 7) is 0. The molecule has 0 unspecified atom stereocenters. The lowest BCUT2D eigenvalue weighted by molar-refractivity contribution is 0.0954. The average Bonchev–Trinajstić information content (AvgIpc) is 2.61. The van der Waals surface area contributed by atoms with Crippen LogP contribution in [0.5, 0.6) is 0 Å². The monoisotopic (exact) mass is 298 g/mol. The van der Waals surface area contributed by atoms with E-state index in [4.69, 9.17) is 0 Å². The van der Waals surface area contributed by atoms with Gasteiger partial charge < -0.3 is 0 Å². The number of amides is 1. The first-order valence-corrected chi connectivity index (χ1v) is 8.74. The number of hydrogen-bond acceptors (Lipinski definition) is 2. The predicted octanol–water partition coefficient (Wildman–Crippen LogP) is 4.54. The Bertz CT molecular complexity index is 507. The van der Waals surface area contributed by atoms with Gasteiger partial charge in [-0.05, 0) is 49.7 Å². The number of rotatable bonds is 3. The van der Waals surface area contributed by atoms with E-state index in [1.165, 1.54) is 44.9 Å². The SMILES string of the molecule is O=C(NN=C1CCC(C2CCCCC2)CC1)c1ccccc1. The van der Waals surface area contributed by atoms with Gasteiger partial charge in [0.25, 0.3) is 5.91 Å². The van der Waals surface area contributed by atoms with Crippen molar-refractivity contribution in [1.82, 2.24) is 5.43 Å². The first-order valence-electron chi connectivity index (χ1n) is 8.74. The van der Waals surface area contributed by atoms with Crippen LogP contribution in [-0.4, -0.2) is 11.6 Å². The fraction of sp³-hybridized carbons (Fsp3) is 0.579. The minimum atomic E-state index is -0.109. The van der Waals surface area contributed by atoms with Crippen LogP contribution in [-0.2, 0) is 0 Å². The molecule has 22 heavy (non-hydrogen) atoms. The predicted molar refractivity (Wildman–Crippen MR) is 89.9 cm³/mol. The van der Waals surface area contributed by atoms with E-state index in [0.717, 1.165) is 30.4 Å². The molecular formula is C19H26N2O. The van der Waals surface area contributed by atoms with Gasteiger partial charge in [0.15, 0.2) is 0 Å². The largest absolute Gasteiger partial charge is 0.271 e. The number of benzene rings is 1. The van der Waals surface area contributed by atoms with Crippen molar-refractivity contribution in [3.05, 3.63) is 35.9 Å². The van der Waals surface area contributed by atoms with E-state index in [0.29, 0.717) is 5.56 Å². The standard InChI is InChI=1S/C19H26N2O/c22-19(17-9-5-2-6-10-17)21-20-18-13-11-16(12-14-18)15-7-3-1-4-8-15/h2,5-6,9-10,15-16H,1,3-4,7-8,11-14H2,(H,21,22). The van der Waals surface area contributed by atoms with Crippen LogP contribution in [0.1, 0.15) is 68.1 Å².